The fraction of sp³-hybridized carbons (Fsp3) is 0.231. The lowest BCUT2D eigenvalue weighted by Gasteiger charge is -2.13. The molecule has 0 bridgehead atoms. The molecule has 0 aliphatic heterocycles. The number of carbonyl (C=O) groups is 1. The zero-order valence-corrected chi connectivity index (χ0v) is 11.2. The summed E-state index contributed by atoms with van der Waals surface area (Å²) in [5, 5.41) is 13.6. The highest BCUT2D eigenvalue weighted by Gasteiger charge is 2.15. The van der Waals surface area contributed by atoms with E-state index in [2.05, 4.69) is 5.10 Å². The van der Waals surface area contributed by atoms with Crippen molar-refractivity contribution >= 4 is 17.5 Å². The minimum atomic E-state index is -0.236. The number of aliphatic hydroxyl groups excluding tert-OH is 1. The molecule has 2 aromatic rings. The van der Waals surface area contributed by atoms with Gasteiger partial charge in [-0.2, -0.15) is 5.10 Å². The van der Waals surface area contributed by atoms with Crippen LogP contribution in [0.3, 0.4) is 0 Å². The molecule has 0 aliphatic rings. The van der Waals surface area contributed by atoms with Gasteiger partial charge in [-0.15, -0.1) is 0 Å². The van der Waals surface area contributed by atoms with E-state index in [-0.39, 0.29) is 19.1 Å². The monoisotopic (exact) mass is 279 g/mol. The number of hydrogen-bond acceptors (Lipinski definition) is 3. The maximum atomic E-state index is 12.0. The quantitative estimate of drug-likeness (QED) is 0.925. The standard InChI is InChI=1S/C13H14ClN3O2/c1-16(8-9-18)13(19)11-6-7-17(15-11)12-5-3-2-4-10(12)14/h2-7,18H,8-9H2,1H3. The van der Waals surface area contributed by atoms with Crippen LogP contribution in [0.2, 0.25) is 5.02 Å². The number of halogens is 1. The highest BCUT2D eigenvalue weighted by Crippen LogP contribution is 2.19. The number of para-hydroxylation sites is 1. The van der Waals surface area contributed by atoms with Crippen LogP contribution in [-0.2, 0) is 0 Å². The van der Waals surface area contributed by atoms with Crippen LogP contribution < -0.4 is 0 Å². The highest BCUT2D eigenvalue weighted by molar-refractivity contribution is 6.32. The molecule has 1 N–H and O–H groups in total. The predicted molar refractivity (Wildman–Crippen MR) is 72.6 cm³/mol. The molecule has 0 spiro atoms. The van der Waals surface area contributed by atoms with E-state index >= 15 is 0 Å². The van der Waals surface area contributed by atoms with Gasteiger partial charge >= 0.3 is 0 Å². The topological polar surface area (TPSA) is 58.4 Å². The third-order valence-corrected chi connectivity index (χ3v) is 3.01. The van der Waals surface area contributed by atoms with Crippen LogP contribution in [0.1, 0.15) is 10.5 Å². The fourth-order valence-electron chi connectivity index (χ4n) is 1.66. The summed E-state index contributed by atoms with van der Waals surface area (Å²) in [7, 11) is 1.62. The van der Waals surface area contributed by atoms with Gasteiger partial charge in [0.15, 0.2) is 5.69 Å². The average Bonchev–Trinajstić information content (AvgIpc) is 2.88. The lowest BCUT2D eigenvalue weighted by molar-refractivity contribution is 0.0760. The molecule has 19 heavy (non-hydrogen) atoms. The number of aromatic nitrogens is 2. The van der Waals surface area contributed by atoms with Crippen molar-refractivity contribution in [3.8, 4) is 5.69 Å². The summed E-state index contributed by atoms with van der Waals surface area (Å²) in [6.45, 7) is 0.200. The van der Waals surface area contributed by atoms with Gasteiger partial charge in [-0.1, -0.05) is 23.7 Å². The largest absolute Gasteiger partial charge is 0.395 e. The van der Waals surface area contributed by atoms with Crippen molar-refractivity contribution in [1.29, 1.82) is 0 Å². The molecule has 1 heterocycles. The molecule has 0 unspecified atom stereocenters. The van der Waals surface area contributed by atoms with E-state index in [1.807, 2.05) is 18.2 Å². The minimum Gasteiger partial charge on any atom is -0.395 e. The Hall–Kier alpha value is -1.85. The smallest absolute Gasteiger partial charge is 0.274 e. The molecule has 0 saturated carbocycles. The zero-order chi connectivity index (χ0) is 13.8. The molecule has 0 atom stereocenters. The fourth-order valence-corrected chi connectivity index (χ4v) is 1.88. The second-order valence-corrected chi connectivity index (χ2v) is 4.45. The van der Waals surface area contributed by atoms with Crippen LogP contribution in [0.4, 0.5) is 0 Å². The molecule has 0 aliphatic carbocycles. The number of benzene rings is 1. The number of rotatable bonds is 4. The minimum absolute atomic E-state index is 0.0759. The van der Waals surface area contributed by atoms with E-state index < -0.39 is 0 Å². The highest BCUT2D eigenvalue weighted by atomic mass is 35.5. The third kappa shape index (κ3) is 2.94. The Morgan fingerprint density at radius 1 is 1.42 bits per heavy atom. The number of hydrogen-bond donors (Lipinski definition) is 1. The van der Waals surface area contributed by atoms with Crippen molar-refractivity contribution in [1.82, 2.24) is 14.7 Å². The lowest BCUT2D eigenvalue weighted by Crippen LogP contribution is -2.29. The number of likely N-dealkylation sites (N-methyl/N-ethyl adjacent to an activating group) is 1. The Morgan fingerprint density at radius 3 is 2.84 bits per heavy atom. The molecule has 2 rings (SSSR count). The molecule has 100 valence electrons. The van der Waals surface area contributed by atoms with Crippen LogP contribution in [0.15, 0.2) is 36.5 Å². The van der Waals surface area contributed by atoms with Gasteiger partial charge in [0.2, 0.25) is 0 Å². The van der Waals surface area contributed by atoms with E-state index in [1.54, 1.807) is 30.1 Å². The summed E-state index contributed by atoms with van der Waals surface area (Å²) in [6.07, 6.45) is 1.68. The van der Waals surface area contributed by atoms with Crippen molar-refractivity contribution < 1.29 is 9.90 Å². The van der Waals surface area contributed by atoms with Gasteiger partial charge in [-0.3, -0.25) is 4.79 Å². The molecule has 0 saturated heterocycles. The Bertz CT molecular complexity index is 583. The van der Waals surface area contributed by atoms with E-state index in [9.17, 15) is 4.79 Å². The Morgan fingerprint density at radius 2 is 2.16 bits per heavy atom. The Kier molecular flexibility index (Phi) is 4.19. The molecule has 0 radical (unpaired) electrons. The van der Waals surface area contributed by atoms with Crippen LogP contribution in [0, 0.1) is 0 Å². The summed E-state index contributed by atoms with van der Waals surface area (Å²) in [6, 6.07) is 8.89. The summed E-state index contributed by atoms with van der Waals surface area (Å²) in [5.41, 5.74) is 1.03. The van der Waals surface area contributed by atoms with E-state index in [1.165, 1.54) is 4.90 Å². The van der Waals surface area contributed by atoms with Crippen molar-refractivity contribution in [2.45, 2.75) is 0 Å². The number of aliphatic hydroxyl groups is 1. The predicted octanol–water partition coefficient (Wildman–Crippen LogP) is 1.59. The summed E-state index contributed by atoms with van der Waals surface area (Å²) >= 11 is 6.07. The number of nitrogens with zero attached hydrogens (tertiary/aromatic N) is 3. The van der Waals surface area contributed by atoms with Gasteiger partial charge in [0.25, 0.3) is 5.91 Å². The Labute approximate surface area is 116 Å². The SMILES string of the molecule is CN(CCO)C(=O)c1ccn(-c2ccccc2Cl)n1. The van der Waals surface area contributed by atoms with Crippen molar-refractivity contribution in [2.24, 2.45) is 0 Å². The van der Waals surface area contributed by atoms with Gasteiger partial charge in [0, 0.05) is 19.8 Å². The van der Waals surface area contributed by atoms with Gasteiger partial charge in [0.1, 0.15) is 0 Å². The number of carbonyl (C=O) groups excluding carboxylic acids is 1. The van der Waals surface area contributed by atoms with Gasteiger partial charge in [0.05, 0.1) is 17.3 Å². The molecular weight excluding hydrogens is 266 g/mol. The molecule has 5 nitrogen and oxygen atoms in total. The second-order valence-electron chi connectivity index (χ2n) is 4.05. The summed E-state index contributed by atoms with van der Waals surface area (Å²) in [4.78, 5) is 13.4. The average molecular weight is 280 g/mol. The zero-order valence-electron chi connectivity index (χ0n) is 10.5. The molecule has 6 heteroatoms. The van der Waals surface area contributed by atoms with Crippen molar-refractivity contribution in [2.75, 3.05) is 20.2 Å². The van der Waals surface area contributed by atoms with E-state index in [4.69, 9.17) is 16.7 Å². The first-order valence-corrected chi connectivity index (χ1v) is 6.18. The lowest BCUT2D eigenvalue weighted by atomic mass is 10.3. The Balaban J connectivity index is 2.25. The summed E-state index contributed by atoms with van der Waals surface area (Å²) < 4.78 is 1.56. The van der Waals surface area contributed by atoms with Crippen LogP contribution in [0.5, 0.6) is 0 Å². The normalized spacial score (nSPS) is 10.5. The maximum absolute atomic E-state index is 12.0. The van der Waals surface area contributed by atoms with Crippen LogP contribution >= 0.6 is 11.6 Å². The maximum Gasteiger partial charge on any atom is 0.274 e. The van der Waals surface area contributed by atoms with Crippen molar-refractivity contribution in [3.05, 3.63) is 47.2 Å². The molecule has 0 fully saturated rings. The number of amides is 1. The molecular formula is C13H14ClN3O2. The third-order valence-electron chi connectivity index (χ3n) is 2.69. The van der Waals surface area contributed by atoms with Crippen LogP contribution in [0.25, 0.3) is 5.69 Å². The first kappa shape index (κ1) is 13.6. The van der Waals surface area contributed by atoms with Gasteiger partial charge in [-0.25, -0.2) is 4.68 Å². The first-order chi connectivity index (χ1) is 9.13. The van der Waals surface area contributed by atoms with E-state index in [0.29, 0.717) is 16.4 Å². The second kappa shape index (κ2) is 5.86. The van der Waals surface area contributed by atoms with Gasteiger partial charge in [-0.05, 0) is 18.2 Å². The van der Waals surface area contributed by atoms with E-state index in [0.717, 1.165) is 0 Å². The molecule has 1 aromatic carbocycles. The van der Waals surface area contributed by atoms with Crippen LogP contribution in [-0.4, -0.2) is 45.9 Å². The molecule has 1 amide bonds. The summed E-state index contributed by atoms with van der Waals surface area (Å²) in [5.74, 6) is -0.236. The molecule has 1 aromatic heterocycles. The van der Waals surface area contributed by atoms with Gasteiger partial charge < -0.3 is 10.0 Å². The van der Waals surface area contributed by atoms with Crippen molar-refractivity contribution in [3.63, 3.8) is 0 Å². The first-order valence-electron chi connectivity index (χ1n) is 5.80.